The minimum atomic E-state index is 0.984. The van der Waals surface area contributed by atoms with Crippen molar-refractivity contribution >= 4 is 62.2 Å². The van der Waals surface area contributed by atoms with Crippen molar-refractivity contribution in [2.24, 2.45) is 4.99 Å². The van der Waals surface area contributed by atoms with Crippen LogP contribution in [0, 0.1) is 6.92 Å². The first kappa shape index (κ1) is 23.6. The van der Waals surface area contributed by atoms with Crippen molar-refractivity contribution in [3.05, 3.63) is 139 Å². The lowest BCUT2D eigenvalue weighted by Gasteiger charge is -2.09. The Bertz CT molecular complexity index is 1670. The lowest BCUT2D eigenvalue weighted by molar-refractivity contribution is 1.32. The summed E-state index contributed by atoms with van der Waals surface area (Å²) in [7, 11) is 0. The highest BCUT2D eigenvalue weighted by Crippen LogP contribution is 2.42. The summed E-state index contributed by atoms with van der Waals surface area (Å²) in [5.74, 6) is 0. The van der Waals surface area contributed by atoms with Crippen LogP contribution in [0.15, 0.2) is 117 Å². The standard InChI is InChI=1S/C32H22N2S4/c1-20-10-12-21(13-11-20)30(24-18-22(26-6-2-14-35-26)31(33-24)28-8-4-16-37-28)25-19-23(27-7-3-15-36-27)32(34-25)29-9-5-17-38-29/h2-19,33H,1H3/b30-25-. The fourth-order valence-electron chi connectivity index (χ4n) is 4.76. The summed E-state index contributed by atoms with van der Waals surface area (Å²) < 4.78 is 0. The first-order chi connectivity index (χ1) is 18.7. The molecule has 1 N–H and O–H groups in total. The Morgan fingerprint density at radius 2 is 1.29 bits per heavy atom. The fourth-order valence-corrected chi connectivity index (χ4v) is 7.72. The van der Waals surface area contributed by atoms with Gasteiger partial charge in [0.05, 0.1) is 26.9 Å². The number of H-pyrrole nitrogens is 1. The van der Waals surface area contributed by atoms with E-state index in [-0.39, 0.29) is 0 Å². The van der Waals surface area contributed by atoms with E-state index in [4.69, 9.17) is 4.99 Å². The number of thiophene rings is 4. The molecule has 0 fully saturated rings. The van der Waals surface area contributed by atoms with E-state index in [2.05, 4.69) is 118 Å². The minimum absolute atomic E-state index is 0.984. The van der Waals surface area contributed by atoms with E-state index in [9.17, 15) is 0 Å². The average molecular weight is 563 g/mol. The number of rotatable bonds is 6. The molecule has 0 saturated heterocycles. The third-order valence-corrected chi connectivity index (χ3v) is 10.1. The van der Waals surface area contributed by atoms with Crippen molar-refractivity contribution in [1.82, 2.24) is 4.98 Å². The molecular weight excluding hydrogens is 541 g/mol. The van der Waals surface area contributed by atoms with Crippen molar-refractivity contribution in [3.63, 3.8) is 0 Å². The molecule has 6 aromatic rings. The third-order valence-electron chi connectivity index (χ3n) is 6.55. The Kier molecular flexibility index (Phi) is 6.18. The summed E-state index contributed by atoms with van der Waals surface area (Å²) in [6, 6.07) is 28.3. The number of allylic oxidation sites excluding steroid dienone is 2. The Balaban J connectivity index is 1.50. The van der Waals surface area contributed by atoms with Crippen LogP contribution >= 0.6 is 45.3 Å². The van der Waals surface area contributed by atoms with Gasteiger partial charge in [-0.05, 0) is 70.4 Å². The molecule has 6 heteroatoms. The smallest absolute Gasteiger partial charge is 0.0896 e. The molecule has 0 atom stereocenters. The van der Waals surface area contributed by atoms with Gasteiger partial charge in [-0.15, -0.1) is 45.3 Å². The van der Waals surface area contributed by atoms with Crippen molar-refractivity contribution in [1.29, 1.82) is 0 Å². The summed E-state index contributed by atoms with van der Waals surface area (Å²) in [5.41, 5.74) is 10.2. The zero-order valence-electron chi connectivity index (χ0n) is 20.5. The molecule has 1 aromatic carbocycles. The van der Waals surface area contributed by atoms with Crippen molar-refractivity contribution in [2.75, 3.05) is 0 Å². The van der Waals surface area contributed by atoms with Gasteiger partial charge in [0.15, 0.2) is 0 Å². The topological polar surface area (TPSA) is 28.1 Å². The highest BCUT2D eigenvalue weighted by molar-refractivity contribution is 7.15. The van der Waals surface area contributed by atoms with Crippen LogP contribution in [0.3, 0.4) is 0 Å². The largest absolute Gasteiger partial charge is 0.353 e. The molecule has 0 saturated carbocycles. The zero-order valence-corrected chi connectivity index (χ0v) is 23.7. The van der Waals surface area contributed by atoms with E-state index >= 15 is 0 Å². The number of aromatic amines is 1. The minimum Gasteiger partial charge on any atom is -0.353 e. The number of aliphatic imine (C=N–C) groups is 1. The summed E-state index contributed by atoms with van der Waals surface area (Å²) in [6.45, 7) is 2.13. The number of nitrogens with one attached hydrogen (secondary N) is 1. The summed E-state index contributed by atoms with van der Waals surface area (Å²) in [5, 5.41) is 8.54. The number of hydrogen-bond donors (Lipinski definition) is 1. The average Bonchev–Trinajstić information content (AvgIpc) is 3.78. The van der Waals surface area contributed by atoms with Gasteiger partial charge in [-0.2, -0.15) is 0 Å². The van der Waals surface area contributed by atoms with Crippen LogP contribution in [0.1, 0.15) is 26.6 Å². The maximum Gasteiger partial charge on any atom is 0.0896 e. The summed E-state index contributed by atoms with van der Waals surface area (Å²) in [6.07, 6.45) is 2.27. The maximum atomic E-state index is 5.31. The zero-order chi connectivity index (χ0) is 25.5. The number of nitrogens with zero attached hydrogens (tertiary/aromatic N) is 1. The van der Waals surface area contributed by atoms with Gasteiger partial charge < -0.3 is 4.98 Å². The molecule has 184 valence electrons. The van der Waals surface area contributed by atoms with E-state index in [1.807, 2.05) is 0 Å². The van der Waals surface area contributed by atoms with Gasteiger partial charge >= 0.3 is 0 Å². The first-order valence-electron chi connectivity index (χ1n) is 12.3. The Morgan fingerprint density at radius 3 is 1.92 bits per heavy atom. The predicted octanol–water partition coefficient (Wildman–Crippen LogP) is 10.2. The van der Waals surface area contributed by atoms with Crippen LogP contribution in [-0.4, -0.2) is 10.7 Å². The van der Waals surface area contributed by atoms with Crippen LogP contribution in [-0.2, 0) is 0 Å². The highest BCUT2D eigenvalue weighted by Gasteiger charge is 2.25. The van der Waals surface area contributed by atoms with Crippen LogP contribution in [0.4, 0.5) is 0 Å². The molecule has 1 aliphatic rings. The Labute approximate surface area is 237 Å². The van der Waals surface area contributed by atoms with E-state index in [0.29, 0.717) is 0 Å². The lowest BCUT2D eigenvalue weighted by atomic mass is 9.98. The van der Waals surface area contributed by atoms with Crippen LogP contribution in [0.25, 0.3) is 32.2 Å². The molecule has 0 amide bonds. The summed E-state index contributed by atoms with van der Waals surface area (Å²) >= 11 is 7.03. The molecule has 0 radical (unpaired) electrons. The second kappa shape index (κ2) is 9.97. The summed E-state index contributed by atoms with van der Waals surface area (Å²) in [4.78, 5) is 14.1. The van der Waals surface area contributed by atoms with Crippen molar-refractivity contribution in [3.8, 4) is 21.0 Å². The quantitative estimate of drug-likeness (QED) is 0.209. The molecule has 2 nitrogen and oxygen atoms in total. The Morgan fingerprint density at radius 1 is 0.684 bits per heavy atom. The molecular formula is C32H22N2S4. The SMILES string of the molecule is Cc1ccc(/C(=C2\C=C(c3cccs3)C(c3cccs3)=N2)c2cc(-c3cccs3)c(-c3cccs3)[nH]2)cc1. The molecule has 0 aliphatic carbocycles. The van der Waals surface area contributed by atoms with Gasteiger partial charge in [-0.3, -0.25) is 0 Å². The van der Waals surface area contributed by atoms with Crippen molar-refractivity contribution in [2.45, 2.75) is 6.92 Å². The first-order valence-corrected chi connectivity index (χ1v) is 15.8. The molecule has 1 aliphatic heterocycles. The van der Waals surface area contributed by atoms with Gasteiger partial charge in [0, 0.05) is 32.2 Å². The van der Waals surface area contributed by atoms with Gasteiger partial charge in [0.25, 0.3) is 0 Å². The molecule has 38 heavy (non-hydrogen) atoms. The van der Waals surface area contributed by atoms with Crippen LogP contribution in [0.2, 0.25) is 0 Å². The van der Waals surface area contributed by atoms with Gasteiger partial charge in [-0.1, -0.05) is 54.1 Å². The Hall–Kier alpha value is -3.55. The monoisotopic (exact) mass is 562 g/mol. The van der Waals surface area contributed by atoms with Crippen molar-refractivity contribution < 1.29 is 0 Å². The molecule has 0 bridgehead atoms. The molecule has 7 rings (SSSR count). The second-order valence-electron chi connectivity index (χ2n) is 9.03. The highest BCUT2D eigenvalue weighted by atomic mass is 32.1. The maximum absolute atomic E-state index is 5.31. The van der Waals surface area contributed by atoms with Gasteiger partial charge in [0.1, 0.15) is 0 Å². The molecule has 0 spiro atoms. The van der Waals surface area contributed by atoms with E-state index < -0.39 is 0 Å². The predicted molar refractivity (Wildman–Crippen MR) is 168 cm³/mol. The fraction of sp³-hybridized carbons (Fsp3) is 0.0312. The normalized spacial score (nSPS) is 14.6. The second-order valence-corrected chi connectivity index (χ2v) is 12.8. The van der Waals surface area contributed by atoms with Crippen LogP contribution in [0.5, 0.6) is 0 Å². The third kappa shape index (κ3) is 4.29. The number of aryl methyl sites for hydroxylation is 1. The number of aromatic nitrogens is 1. The molecule has 5 aromatic heterocycles. The van der Waals surface area contributed by atoms with E-state index in [0.717, 1.165) is 33.9 Å². The van der Waals surface area contributed by atoms with Crippen LogP contribution < -0.4 is 0 Å². The van der Waals surface area contributed by atoms with Gasteiger partial charge in [-0.25, -0.2) is 4.99 Å². The van der Waals surface area contributed by atoms with E-state index in [1.54, 1.807) is 45.3 Å². The molecule has 6 heterocycles. The van der Waals surface area contributed by atoms with E-state index in [1.165, 1.54) is 36.2 Å². The molecule has 0 unspecified atom stereocenters. The number of hydrogen-bond acceptors (Lipinski definition) is 5. The number of benzene rings is 1. The van der Waals surface area contributed by atoms with Gasteiger partial charge in [0.2, 0.25) is 0 Å². The lowest BCUT2D eigenvalue weighted by Crippen LogP contribution is -1.97.